The summed E-state index contributed by atoms with van der Waals surface area (Å²) in [6.45, 7) is 2.06. The van der Waals surface area contributed by atoms with Crippen molar-refractivity contribution < 1.29 is 23.9 Å². The zero-order valence-corrected chi connectivity index (χ0v) is 24.1. The molecule has 0 aliphatic heterocycles. The summed E-state index contributed by atoms with van der Waals surface area (Å²) in [7, 11) is 1.43. The summed E-state index contributed by atoms with van der Waals surface area (Å²) in [4.78, 5) is 36.4. The summed E-state index contributed by atoms with van der Waals surface area (Å²) < 4.78 is 10.7. The van der Waals surface area contributed by atoms with E-state index in [1.54, 1.807) is 18.2 Å². The number of hydrogen-bond acceptors (Lipinski definition) is 6. The summed E-state index contributed by atoms with van der Waals surface area (Å²) in [6.07, 6.45) is 12.4. The molecule has 0 aliphatic rings. The first kappa shape index (κ1) is 32.1. The molecule has 0 aliphatic carbocycles. The highest BCUT2D eigenvalue weighted by Crippen LogP contribution is 2.30. The van der Waals surface area contributed by atoms with Crippen LogP contribution >= 0.6 is 23.2 Å². The number of rotatable bonds is 17. The van der Waals surface area contributed by atoms with Gasteiger partial charge >= 0.3 is 5.97 Å². The quantitative estimate of drug-likeness (QED) is 0.0714. The Kier molecular flexibility index (Phi) is 15.0. The number of nitrogens with zero attached hydrogens (tertiary/aromatic N) is 1. The molecule has 0 heterocycles. The molecule has 2 N–H and O–H groups in total. The van der Waals surface area contributed by atoms with E-state index in [9.17, 15) is 14.4 Å². The summed E-state index contributed by atoms with van der Waals surface area (Å²) >= 11 is 11.9. The number of esters is 1. The Morgan fingerprint density at radius 2 is 1.56 bits per heavy atom. The zero-order chi connectivity index (χ0) is 28.5. The highest BCUT2D eigenvalue weighted by molar-refractivity contribution is 6.36. The van der Waals surface area contributed by atoms with Gasteiger partial charge < -0.3 is 14.8 Å². The van der Waals surface area contributed by atoms with Crippen molar-refractivity contribution in [2.24, 2.45) is 5.10 Å². The van der Waals surface area contributed by atoms with Gasteiger partial charge in [-0.15, -0.1) is 0 Å². The van der Waals surface area contributed by atoms with Crippen molar-refractivity contribution in [1.82, 2.24) is 10.7 Å². The highest BCUT2D eigenvalue weighted by Gasteiger charge is 2.16. The number of hydrazone groups is 1. The predicted octanol–water partition coefficient (Wildman–Crippen LogP) is 6.71. The summed E-state index contributed by atoms with van der Waals surface area (Å²) in [5.74, 6) is -0.781. The third-order valence-electron chi connectivity index (χ3n) is 5.90. The molecule has 0 bridgehead atoms. The van der Waals surface area contributed by atoms with Gasteiger partial charge in [0.1, 0.15) is 0 Å². The molecule has 0 saturated carbocycles. The van der Waals surface area contributed by atoms with Crippen LogP contribution in [-0.2, 0) is 9.59 Å². The van der Waals surface area contributed by atoms with E-state index in [-0.39, 0.29) is 34.5 Å². The van der Waals surface area contributed by atoms with Crippen LogP contribution in [0.1, 0.15) is 87.1 Å². The van der Waals surface area contributed by atoms with Crippen LogP contribution in [0.5, 0.6) is 11.5 Å². The maximum Gasteiger partial charge on any atom is 0.345 e. The van der Waals surface area contributed by atoms with E-state index < -0.39 is 11.9 Å². The molecule has 0 saturated heterocycles. The standard InChI is InChI=1S/C29H37Cl2N3O5/c1-3-4-5-6-7-8-9-10-11-12-27(35)32-20-28(36)34-33-19-21-13-16-25(26(17-21)38-2)39-29(37)23-15-14-22(30)18-24(23)31/h13-19H,3-12,20H2,1-2H3,(H,32,35)(H,34,36)/b33-19+. The van der Waals surface area contributed by atoms with E-state index >= 15 is 0 Å². The van der Waals surface area contributed by atoms with Crippen molar-refractivity contribution in [3.8, 4) is 11.5 Å². The number of amides is 2. The van der Waals surface area contributed by atoms with Gasteiger partial charge in [0.05, 0.1) is 30.5 Å². The first-order valence-corrected chi connectivity index (χ1v) is 14.0. The second kappa shape index (κ2) is 18.2. The number of carbonyl (C=O) groups is 3. The van der Waals surface area contributed by atoms with Gasteiger partial charge in [-0.05, 0) is 48.4 Å². The smallest absolute Gasteiger partial charge is 0.345 e. The lowest BCUT2D eigenvalue weighted by Crippen LogP contribution is -2.34. The van der Waals surface area contributed by atoms with Gasteiger partial charge in [0.2, 0.25) is 5.91 Å². The fourth-order valence-corrected chi connectivity index (χ4v) is 4.23. The molecule has 8 nitrogen and oxygen atoms in total. The van der Waals surface area contributed by atoms with Crippen LogP contribution in [0.25, 0.3) is 0 Å². The van der Waals surface area contributed by atoms with Gasteiger partial charge in [-0.1, -0.05) is 81.5 Å². The summed E-state index contributed by atoms with van der Waals surface area (Å²) in [6, 6.07) is 9.23. The Labute approximate surface area is 240 Å². The van der Waals surface area contributed by atoms with Gasteiger partial charge in [-0.25, -0.2) is 10.2 Å². The van der Waals surface area contributed by atoms with Crippen molar-refractivity contribution in [2.75, 3.05) is 13.7 Å². The van der Waals surface area contributed by atoms with E-state index in [1.807, 2.05) is 0 Å². The van der Waals surface area contributed by atoms with Crippen molar-refractivity contribution in [1.29, 1.82) is 0 Å². The third kappa shape index (κ3) is 12.5. The van der Waals surface area contributed by atoms with Crippen LogP contribution in [0.4, 0.5) is 0 Å². The molecule has 0 aromatic heterocycles. The molecule has 2 aromatic carbocycles. The number of halogens is 2. The Balaban J connectivity index is 1.71. The van der Waals surface area contributed by atoms with Gasteiger partial charge in [0, 0.05) is 11.4 Å². The van der Waals surface area contributed by atoms with Crippen LogP contribution in [0.2, 0.25) is 10.0 Å². The third-order valence-corrected chi connectivity index (χ3v) is 6.45. The molecule has 0 unspecified atom stereocenters. The molecule has 0 radical (unpaired) electrons. The fraction of sp³-hybridized carbons (Fsp3) is 0.448. The van der Waals surface area contributed by atoms with Crippen LogP contribution < -0.4 is 20.2 Å². The minimum absolute atomic E-state index is 0.146. The minimum Gasteiger partial charge on any atom is -0.493 e. The molecular weight excluding hydrogens is 541 g/mol. The van der Waals surface area contributed by atoms with Crippen molar-refractivity contribution >= 4 is 47.2 Å². The number of nitrogens with one attached hydrogen (secondary N) is 2. The van der Waals surface area contributed by atoms with E-state index in [0.717, 1.165) is 19.3 Å². The van der Waals surface area contributed by atoms with Crippen molar-refractivity contribution in [2.45, 2.75) is 71.1 Å². The zero-order valence-electron chi connectivity index (χ0n) is 22.6. The van der Waals surface area contributed by atoms with E-state index in [1.165, 1.54) is 70.0 Å². The number of benzene rings is 2. The fourth-order valence-electron chi connectivity index (χ4n) is 3.74. The van der Waals surface area contributed by atoms with Crippen molar-refractivity contribution in [3.63, 3.8) is 0 Å². The SMILES string of the molecule is CCCCCCCCCCCC(=O)NCC(=O)N/N=C/c1ccc(OC(=O)c2ccc(Cl)cc2Cl)c(OC)c1. The molecule has 0 spiro atoms. The Bertz CT molecular complexity index is 1120. The second-order valence-electron chi connectivity index (χ2n) is 9.07. The van der Waals surface area contributed by atoms with E-state index in [0.29, 0.717) is 17.0 Å². The van der Waals surface area contributed by atoms with E-state index in [4.69, 9.17) is 32.7 Å². The average Bonchev–Trinajstić information content (AvgIpc) is 2.91. The Morgan fingerprint density at radius 1 is 0.872 bits per heavy atom. The number of unbranched alkanes of at least 4 members (excludes halogenated alkanes) is 8. The van der Waals surface area contributed by atoms with E-state index in [2.05, 4.69) is 22.8 Å². The van der Waals surface area contributed by atoms with Crippen LogP contribution in [0.3, 0.4) is 0 Å². The molecule has 2 amide bonds. The molecular formula is C29H37Cl2N3O5. The highest BCUT2D eigenvalue weighted by atomic mass is 35.5. The summed E-state index contributed by atoms with van der Waals surface area (Å²) in [5, 5.41) is 7.09. The summed E-state index contributed by atoms with van der Waals surface area (Å²) in [5.41, 5.74) is 3.12. The molecule has 2 rings (SSSR count). The Morgan fingerprint density at radius 3 is 2.23 bits per heavy atom. The largest absolute Gasteiger partial charge is 0.493 e. The lowest BCUT2D eigenvalue weighted by molar-refractivity contribution is -0.126. The van der Waals surface area contributed by atoms with Gasteiger partial charge in [-0.3, -0.25) is 9.59 Å². The maximum absolute atomic E-state index is 12.5. The predicted molar refractivity (Wildman–Crippen MR) is 155 cm³/mol. The normalized spacial score (nSPS) is 10.9. The number of carbonyl (C=O) groups excluding carboxylic acids is 3. The molecule has 212 valence electrons. The first-order chi connectivity index (χ1) is 18.8. The van der Waals surface area contributed by atoms with Crippen LogP contribution in [0, 0.1) is 0 Å². The molecule has 2 aromatic rings. The minimum atomic E-state index is -0.663. The molecule has 0 atom stereocenters. The number of methoxy groups -OCH3 is 1. The molecule has 10 heteroatoms. The maximum atomic E-state index is 12.5. The number of ether oxygens (including phenoxy) is 2. The monoisotopic (exact) mass is 577 g/mol. The molecule has 0 fully saturated rings. The number of hydrogen-bond donors (Lipinski definition) is 2. The first-order valence-electron chi connectivity index (χ1n) is 13.3. The van der Waals surface area contributed by atoms with Gasteiger partial charge in [0.25, 0.3) is 5.91 Å². The Hall–Kier alpha value is -3.10. The topological polar surface area (TPSA) is 106 Å². The van der Waals surface area contributed by atoms with Crippen LogP contribution in [0.15, 0.2) is 41.5 Å². The second-order valence-corrected chi connectivity index (χ2v) is 9.92. The van der Waals surface area contributed by atoms with Gasteiger partial charge in [-0.2, -0.15) is 5.10 Å². The average molecular weight is 579 g/mol. The van der Waals surface area contributed by atoms with Crippen LogP contribution in [-0.4, -0.2) is 37.7 Å². The molecule has 39 heavy (non-hydrogen) atoms. The van der Waals surface area contributed by atoms with Gasteiger partial charge in [0.15, 0.2) is 11.5 Å². The van der Waals surface area contributed by atoms with Crippen molar-refractivity contribution in [3.05, 3.63) is 57.6 Å². The lowest BCUT2D eigenvalue weighted by Gasteiger charge is -2.10. The lowest BCUT2D eigenvalue weighted by atomic mass is 10.1.